The Hall–Kier alpha value is -5.01. The van der Waals surface area contributed by atoms with Crippen LogP contribution in [0, 0.1) is 0 Å². The molecule has 1 heterocycles. The molecule has 49 heavy (non-hydrogen) atoms. The summed E-state index contributed by atoms with van der Waals surface area (Å²) in [5.74, 6) is 0. The van der Waals surface area contributed by atoms with Crippen molar-refractivity contribution in [1.29, 1.82) is 0 Å². The van der Waals surface area contributed by atoms with Gasteiger partial charge in [0.05, 0.1) is 15.1 Å². The van der Waals surface area contributed by atoms with E-state index in [1.165, 1.54) is 0 Å². The van der Waals surface area contributed by atoms with Gasteiger partial charge in [-0.1, -0.05) is 138 Å². The van der Waals surface area contributed by atoms with E-state index in [9.17, 15) is 6.85 Å². The molecule has 240 valence electrons. The average molecular weight is 645 g/mol. The minimum Gasteiger partial charge on any atom is -0.264 e. The summed E-state index contributed by atoms with van der Waals surface area (Å²) in [5, 5.41) is 0.298. The largest absolute Gasteiger partial charge is 0.264 e. The van der Waals surface area contributed by atoms with Gasteiger partial charge in [0.2, 0.25) is 0 Å². The summed E-state index contributed by atoms with van der Waals surface area (Å²) in [4.78, 5) is 4.20. The van der Waals surface area contributed by atoms with Gasteiger partial charge in [0, 0.05) is 23.3 Å². The smallest absolute Gasteiger partial charge is 0.0847 e. The Morgan fingerprint density at radius 2 is 1.04 bits per heavy atom. The van der Waals surface area contributed by atoms with Crippen molar-refractivity contribution in [3.8, 4) is 44.5 Å². The molecule has 0 atom stereocenters. The third kappa shape index (κ3) is 4.34. The molecular formula is C48H43N. The first-order valence-corrected chi connectivity index (χ1v) is 17.0. The van der Waals surface area contributed by atoms with Crippen LogP contribution in [0.2, 0.25) is 0 Å². The summed E-state index contributed by atoms with van der Waals surface area (Å²) < 4.78 is 102. The van der Waals surface area contributed by atoms with Crippen LogP contribution in [0.4, 0.5) is 0 Å². The zero-order valence-corrected chi connectivity index (χ0v) is 28.6. The normalized spacial score (nSPS) is 19.8. The summed E-state index contributed by atoms with van der Waals surface area (Å²) in [7, 11) is 0. The van der Waals surface area contributed by atoms with Crippen molar-refractivity contribution < 1.29 is 15.1 Å². The maximum atomic E-state index is 9.73. The summed E-state index contributed by atoms with van der Waals surface area (Å²) in [6, 6.07) is 13.7. The van der Waals surface area contributed by atoms with Crippen molar-refractivity contribution in [1.82, 2.24) is 4.98 Å². The van der Waals surface area contributed by atoms with Crippen LogP contribution in [-0.4, -0.2) is 4.98 Å². The lowest BCUT2D eigenvalue weighted by atomic mass is 9.62. The zero-order valence-electron chi connectivity index (χ0n) is 39.6. The number of hydrogen-bond donors (Lipinski definition) is 0. The van der Waals surface area contributed by atoms with E-state index in [0.717, 1.165) is 52.4 Å². The SMILES string of the molecule is [2H]c1cnc([2H])c(-c2cc3c(cc2-c2c4c([2H])c([2H])c([2H])c([2H])c4c(-c4cccc5c4-c4ccccc4C5(C)C)c4c([2H])c([2H])c([2H])c([2H])c24)C(C)(C)CCC3(C)C)c1[2H]. The molecule has 0 unspecified atom stereocenters. The molecule has 1 aromatic heterocycles. The highest BCUT2D eigenvalue weighted by Crippen LogP contribution is 2.56. The summed E-state index contributed by atoms with van der Waals surface area (Å²) in [6.45, 7) is 12.8. The predicted octanol–water partition coefficient (Wildman–Crippen LogP) is 13.0. The van der Waals surface area contributed by atoms with Gasteiger partial charge in [0.15, 0.2) is 0 Å². The Bertz CT molecular complexity index is 3010. The molecule has 0 saturated heterocycles. The lowest BCUT2D eigenvalue weighted by molar-refractivity contribution is 0.332. The first-order valence-electron chi connectivity index (χ1n) is 22.5. The Morgan fingerprint density at radius 1 is 0.510 bits per heavy atom. The van der Waals surface area contributed by atoms with E-state index in [4.69, 9.17) is 8.22 Å². The Labute approximate surface area is 306 Å². The second-order valence-corrected chi connectivity index (χ2v) is 15.4. The maximum absolute atomic E-state index is 9.73. The Balaban J connectivity index is 1.61. The fourth-order valence-corrected chi connectivity index (χ4v) is 8.54. The van der Waals surface area contributed by atoms with Crippen LogP contribution in [0.1, 0.15) is 91.7 Å². The quantitative estimate of drug-likeness (QED) is 0.174. The molecule has 1 heteroatoms. The molecule has 2 aliphatic rings. The molecule has 1 nitrogen and oxygen atoms in total. The highest BCUT2D eigenvalue weighted by Gasteiger charge is 2.39. The maximum Gasteiger partial charge on any atom is 0.0847 e. The van der Waals surface area contributed by atoms with Crippen molar-refractivity contribution in [2.75, 3.05) is 0 Å². The van der Waals surface area contributed by atoms with Crippen molar-refractivity contribution in [2.24, 2.45) is 0 Å². The molecule has 9 rings (SSSR count). The molecule has 7 aromatic rings. The minimum atomic E-state index is -0.511. The molecule has 0 N–H and O–H groups in total. The van der Waals surface area contributed by atoms with Gasteiger partial charge in [-0.3, -0.25) is 4.98 Å². The highest BCUT2D eigenvalue weighted by molar-refractivity contribution is 6.23. The topological polar surface area (TPSA) is 12.9 Å². The van der Waals surface area contributed by atoms with Crippen molar-refractivity contribution in [3.05, 3.63) is 150 Å². The lowest BCUT2D eigenvalue weighted by Gasteiger charge is -2.42. The van der Waals surface area contributed by atoms with Crippen molar-refractivity contribution >= 4 is 21.5 Å². The first kappa shape index (κ1) is 20.5. The van der Waals surface area contributed by atoms with E-state index >= 15 is 0 Å². The molecule has 0 amide bonds. The minimum absolute atomic E-state index is 0.0474. The molecule has 0 spiro atoms. The van der Waals surface area contributed by atoms with E-state index in [1.807, 2.05) is 48.5 Å². The summed E-state index contributed by atoms with van der Waals surface area (Å²) >= 11 is 0. The van der Waals surface area contributed by atoms with E-state index in [1.54, 1.807) is 0 Å². The number of aromatic nitrogens is 1. The second-order valence-electron chi connectivity index (χ2n) is 15.4. The number of pyridine rings is 1. The molecule has 0 aliphatic heterocycles. The molecule has 6 aromatic carbocycles. The van der Waals surface area contributed by atoms with E-state index < -0.39 is 47.1 Å². The standard InChI is InChI=1S/C48H43N/c1-46(2)24-25-47(3,4)42-28-38(37(27-41(42)46)30-15-14-26-49-29-30)44-33-18-9-7-16-31(33)43(32-17-8-10-19-34(32)44)36-21-13-23-40-45(36)35-20-11-12-22-39(35)48(40,5)6/h7-23,26-29H,24-25H2,1-6H3/i7D,8D,9D,10D,14D,15D,16D,17D,18D,19D,29D. The average Bonchev–Trinajstić information content (AvgIpc) is 3.45. The predicted molar refractivity (Wildman–Crippen MR) is 208 cm³/mol. The van der Waals surface area contributed by atoms with Crippen LogP contribution >= 0.6 is 0 Å². The molecule has 0 saturated carbocycles. The fourth-order valence-electron chi connectivity index (χ4n) is 8.54. The van der Waals surface area contributed by atoms with Crippen LogP contribution < -0.4 is 0 Å². The van der Waals surface area contributed by atoms with Gasteiger partial charge in [-0.2, -0.15) is 0 Å². The monoisotopic (exact) mass is 644 g/mol. The lowest BCUT2D eigenvalue weighted by Crippen LogP contribution is -2.34. The summed E-state index contributed by atoms with van der Waals surface area (Å²) in [5.41, 5.74) is 6.17. The third-order valence-electron chi connectivity index (χ3n) is 11.3. The number of nitrogens with zero attached hydrogens (tertiary/aromatic N) is 1. The Kier molecular flexibility index (Phi) is 4.39. The molecular weight excluding hydrogens is 591 g/mol. The van der Waals surface area contributed by atoms with Crippen molar-refractivity contribution in [3.63, 3.8) is 0 Å². The van der Waals surface area contributed by atoms with E-state index in [2.05, 4.69) is 52.6 Å². The third-order valence-corrected chi connectivity index (χ3v) is 11.3. The van der Waals surface area contributed by atoms with E-state index in [0.29, 0.717) is 16.7 Å². The van der Waals surface area contributed by atoms with Gasteiger partial charge in [-0.15, -0.1) is 0 Å². The zero-order chi connectivity index (χ0) is 43.3. The van der Waals surface area contributed by atoms with Gasteiger partial charge < -0.3 is 0 Å². The first-order chi connectivity index (χ1) is 28.1. The number of hydrogen-bond acceptors (Lipinski definition) is 1. The summed E-state index contributed by atoms with van der Waals surface area (Å²) in [6.07, 6.45) is 2.55. The molecule has 0 bridgehead atoms. The van der Waals surface area contributed by atoms with Crippen LogP contribution in [0.15, 0.2) is 127 Å². The van der Waals surface area contributed by atoms with Crippen molar-refractivity contribution in [2.45, 2.75) is 70.6 Å². The molecule has 0 fully saturated rings. The molecule has 2 aliphatic carbocycles. The second kappa shape index (κ2) is 10.5. The highest BCUT2D eigenvalue weighted by atomic mass is 14.6. The van der Waals surface area contributed by atoms with Gasteiger partial charge in [-0.05, 0) is 125 Å². The number of benzene rings is 6. The van der Waals surface area contributed by atoms with Crippen LogP contribution in [0.25, 0.3) is 66.1 Å². The van der Waals surface area contributed by atoms with Gasteiger partial charge in [0.1, 0.15) is 0 Å². The van der Waals surface area contributed by atoms with Crippen LogP contribution in [0.3, 0.4) is 0 Å². The fraction of sp³-hybridized carbons (Fsp3) is 0.229. The Morgan fingerprint density at radius 3 is 1.67 bits per heavy atom. The van der Waals surface area contributed by atoms with Crippen LogP contribution in [0.5, 0.6) is 0 Å². The van der Waals surface area contributed by atoms with Crippen LogP contribution in [-0.2, 0) is 16.2 Å². The van der Waals surface area contributed by atoms with Gasteiger partial charge >= 0.3 is 0 Å². The number of rotatable bonds is 3. The van der Waals surface area contributed by atoms with Gasteiger partial charge in [-0.25, -0.2) is 0 Å². The van der Waals surface area contributed by atoms with Gasteiger partial charge in [0.25, 0.3) is 0 Å². The van der Waals surface area contributed by atoms with E-state index in [-0.39, 0.29) is 74.0 Å². The number of fused-ring (bicyclic) bond motifs is 6. The molecule has 0 radical (unpaired) electrons.